The van der Waals surface area contributed by atoms with Crippen LogP contribution in [0.1, 0.15) is 48.0 Å². The molecule has 1 rings (SSSR count). The van der Waals surface area contributed by atoms with Crippen LogP contribution in [0.5, 0.6) is 0 Å². The lowest BCUT2D eigenvalue weighted by molar-refractivity contribution is -0.151. The van der Waals surface area contributed by atoms with Crippen LogP contribution in [0.15, 0.2) is 0 Å². The van der Waals surface area contributed by atoms with Gasteiger partial charge in [0.25, 0.3) is 0 Å². The van der Waals surface area contributed by atoms with Crippen LogP contribution in [-0.2, 0) is 9.59 Å². The van der Waals surface area contributed by atoms with Crippen molar-refractivity contribution >= 4 is 11.8 Å². The topological polar surface area (TPSA) is 49.4 Å². The second-order valence-electron chi connectivity index (χ2n) is 6.76. The van der Waals surface area contributed by atoms with E-state index in [0.717, 1.165) is 6.42 Å². The van der Waals surface area contributed by atoms with Gasteiger partial charge in [0.15, 0.2) is 0 Å². The minimum Gasteiger partial charge on any atom is -0.343 e. The normalized spacial score (nSPS) is 25.6. The van der Waals surface area contributed by atoms with Crippen molar-refractivity contribution in [3.8, 4) is 0 Å². The van der Waals surface area contributed by atoms with Gasteiger partial charge in [-0.1, -0.05) is 34.6 Å². The van der Waals surface area contributed by atoms with Crippen molar-refractivity contribution in [1.82, 2.24) is 10.2 Å². The molecule has 4 nitrogen and oxygen atoms in total. The molecule has 2 amide bonds. The quantitative estimate of drug-likeness (QED) is 0.835. The van der Waals surface area contributed by atoms with Crippen molar-refractivity contribution < 1.29 is 9.59 Å². The SMILES string of the molecule is CC1NC(=O)C(C(C)C)N(CCC(C)(C)C)C1=O. The molecule has 18 heavy (non-hydrogen) atoms. The molecule has 0 aromatic carbocycles. The Morgan fingerprint density at radius 2 is 1.83 bits per heavy atom. The molecule has 0 aromatic heterocycles. The second-order valence-corrected chi connectivity index (χ2v) is 6.76. The summed E-state index contributed by atoms with van der Waals surface area (Å²) >= 11 is 0. The lowest BCUT2D eigenvalue weighted by Gasteiger charge is -2.41. The summed E-state index contributed by atoms with van der Waals surface area (Å²) in [5, 5.41) is 2.76. The second kappa shape index (κ2) is 5.29. The average Bonchev–Trinajstić information content (AvgIpc) is 2.19. The van der Waals surface area contributed by atoms with Crippen LogP contribution in [0.3, 0.4) is 0 Å². The lowest BCUT2D eigenvalue weighted by Crippen LogP contribution is -2.64. The predicted molar refractivity (Wildman–Crippen MR) is 72.0 cm³/mol. The number of piperazine rings is 1. The Kier molecular flexibility index (Phi) is 4.41. The Morgan fingerprint density at radius 1 is 1.28 bits per heavy atom. The van der Waals surface area contributed by atoms with Gasteiger partial charge in [0.05, 0.1) is 0 Å². The van der Waals surface area contributed by atoms with Crippen molar-refractivity contribution in [3.05, 3.63) is 0 Å². The highest BCUT2D eigenvalue weighted by molar-refractivity contribution is 5.96. The van der Waals surface area contributed by atoms with E-state index < -0.39 is 6.04 Å². The third kappa shape index (κ3) is 3.47. The highest BCUT2D eigenvalue weighted by Gasteiger charge is 2.40. The van der Waals surface area contributed by atoms with Gasteiger partial charge in [0.1, 0.15) is 12.1 Å². The van der Waals surface area contributed by atoms with E-state index in [9.17, 15) is 9.59 Å². The van der Waals surface area contributed by atoms with Crippen LogP contribution in [0, 0.1) is 11.3 Å². The molecule has 1 saturated heterocycles. The summed E-state index contributed by atoms with van der Waals surface area (Å²) < 4.78 is 0. The summed E-state index contributed by atoms with van der Waals surface area (Å²) in [5.41, 5.74) is 0.166. The van der Waals surface area contributed by atoms with Crippen LogP contribution in [-0.4, -0.2) is 35.3 Å². The van der Waals surface area contributed by atoms with Crippen LogP contribution >= 0.6 is 0 Å². The Bertz CT molecular complexity index is 331. The molecule has 1 aliphatic heterocycles. The largest absolute Gasteiger partial charge is 0.343 e. The van der Waals surface area contributed by atoms with Crippen LogP contribution < -0.4 is 5.32 Å². The fourth-order valence-corrected chi connectivity index (χ4v) is 2.26. The van der Waals surface area contributed by atoms with Gasteiger partial charge >= 0.3 is 0 Å². The summed E-state index contributed by atoms with van der Waals surface area (Å²) in [4.78, 5) is 26.0. The number of rotatable bonds is 3. The van der Waals surface area contributed by atoms with E-state index in [0.29, 0.717) is 6.54 Å². The number of hydrogen-bond acceptors (Lipinski definition) is 2. The van der Waals surface area contributed by atoms with Gasteiger partial charge in [-0.25, -0.2) is 0 Å². The van der Waals surface area contributed by atoms with Gasteiger partial charge in [-0.3, -0.25) is 9.59 Å². The van der Waals surface area contributed by atoms with E-state index in [-0.39, 0.29) is 29.2 Å². The molecule has 1 aliphatic rings. The Labute approximate surface area is 110 Å². The Balaban J connectivity index is 2.85. The first-order chi connectivity index (χ1) is 8.13. The molecule has 0 aromatic rings. The minimum atomic E-state index is -0.396. The van der Waals surface area contributed by atoms with Crippen LogP contribution in [0.2, 0.25) is 0 Å². The van der Waals surface area contributed by atoms with E-state index in [2.05, 4.69) is 26.1 Å². The predicted octanol–water partition coefficient (Wildman–Crippen LogP) is 1.79. The summed E-state index contributed by atoms with van der Waals surface area (Å²) in [7, 11) is 0. The highest BCUT2D eigenvalue weighted by Crippen LogP contribution is 2.23. The molecule has 1 heterocycles. The maximum atomic E-state index is 12.2. The smallest absolute Gasteiger partial charge is 0.245 e. The summed E-state index contributed by atoms with van der Waals surface area (Å²) in [6.45, 7) is 12.8. The first-order valence-electron chi connectivity index (χ1n) is 6.74. The van der Waals surface area contributed by atoms with Crippen LogP contribution in [0.4, 0.5) is 0 Å². The monoisotopic (exact) mass is 254 g/mol. The zero-order chi connectivity index (χ0) is 14.1. The van der Waals surface area contributed by atoms with Crippen molar-refractivity contribution in [2.24, 2.45) is 11.3 Å². The minimum absolute atomic E-state index is 0.0222. The molecule has 2 unspecified atom stereocenters. The van der Waals surface area contributed by atoms with Crippen LogP contribution in [0.25, 0.3) is 0 Å². The van der Waals surface area contributed by atoms with E-state index >= 15 is 0 Å². The standard InChI is InChI=1S/C14H26N2O2/c1-9(2)11-12(17)15-10(3)13(18)16(11)8-7-14(4,5)6/h9-11H,7-8H2,1-6H3,(H,15,17). The Morgan fingerprint density at radius 3 is 2.28 bits per heavy atom. The zero-order valence-corrected chi connectivity index (χ0v) is 12.4. The average molecular weight is 254 g/mol. The number of nitrogens with zero attached hydrogens (tertiary/aromatic N) is 1. The van der Waals surface area contributed by atoms with Crippen molar-refractivity contribution in [2.75, 3.05) is 6.54 Å². The number of carbonyl (C=O) groups is 2. The number of amides is 2. The third-order valence-corrected chi connectivity index (χ3v) is 3.35. The Hall–Kier alpha value is -1.06. The summed E-state index contributed by atoms with van der Waals surface area (Å²) in [5.74, 6) is 0.157. The molecular formula is C14H26N2O2. The molecule has 1 fully saturated rings. The third-order valence-electron chi connectivity index (χ3n) is 3.35. The zero-order valence-electron chi connectivity index (χ0n) is 12.4. The molecule has 0 radical (unpaired) electrons. The molecule has 0 spiro atoms. The fraction of sp³-hybridized carbons (Fsp3) is 0.857. The molecule has 2 atom stereocenters. The summed E-state index contributed by atoms with van der Waals surface area (Å²) in [6.07, 6.45) is 0.905. The highest BCUT2D eigenvalue weighted by atomic mass is 16.2. The molecule has 0 saturated carbocycles. The number of nitrogens with one attached hydrogen (secondary N) is 1. The fourth-order valence-electron chi connectivity index (χ4n) is 2.26. The van der Waals surface area contributed by atoms with Gasteiger partial charge in [-0.05, 0) is 24.7 Å². The molecule has 0 bridgehead atoms. The van der Waals surface area contributed by atoms with Crippen molar-refractivity contribution in [1.29, 1.82) is 0 Å². The van der Waals surface area contributed by atoms with Gasteiger partial charge in [0.2, 0.25) is 11.8 Å². The molecule has 104 valence electrons. The maximum absolute atomic E-state index is 12.2. The first kappa shape index (κ1) is 15.0. The maximum Gasteiger partial charge on any atom is 0.245 e. The number of hydrogen-bond donors (Lipinski definition) is 1. The molecular weight excluding hydrogens is 228 g/mol. The van der Waals surface area contributed by atoms with Crippen molar-refractivity contribution in [2.45, 2.75) is 60.0 Å². The summed E-state index contributed by atoms with van der Waals surface area (Å²) in [6, 6.07) is -0.719. The number of carbonyl (C=O) groups excluding carboxylic acids is 2. The molecule has 0 aliphatic carbocycles. The first-order valence-corrected chi connectivity index (χ1v) is 6.74. The molecule has 1 N–H and O–H groups in total. The van der Waals surface area contributed by atoms with Gasteiger partial charge in [-0.2, -0.15) is 0 Å². The van der Waals surface area contributed by atoms with Gasteiger partial charge < -0.3 is 10.2 Å². The van der Waals surface area contributed by atoms with E-state index in [1.807, 2.05) is 13.8 Å². The van der Waals surface area contributed by atoms with E-state index in [4.69, 9.17) is 0 Å². The van der Waals surface area contributed by atoms with Gasteiger partial charge in [-0.15, -0.1) is 0 Å². The van der Waals surface area contributed by atoms with E-state index in [1.54, 1.807) is 11.8 Å². The van der Waals surface area contributed by atoms with Crippen molar-refractivity contribution in [3.63, 3.8) is 0 Å². The lowest BCUT2D eigenvalue weighted by atomic mass is 9.90. The molecule has 4 heteroatoms. The van der Waals surface area contributed by atoms with E-state index in [1.165, 1.54) is 0 Å². The van der Waals surface area contributed by atoms with Gasteiger partial charge in [0, 0.05) is 6.54 Å².